The molecule has 1 saturated heterocycles. The third-order valence-corrected chi connectivity index (χ3v) is 3.37. The Morgan fingerprint density at radius 2 is 2.35 bits per heavy atom. The van der Waals surface area contributed by atoms with Crippen LogP contribution in [0.4, 0.5) is 10.5 Å². The molecule has 1 aromatic carbocycles. The number of aryl methyl sites for hydroxylation is 1. The van der Waals surface area contributed by atoms with Crippen LogP contribution in [-0.4, -0.2) is 35.2 Å². The van der Waals surface area contributed by atoms with Gasteiger partial charge in [-0.1, -0.05) is 15.9 Å². The zero-order valence-electron chi connectivity index (χ0n) is 9.61. The van der Waals surface area contributed by atoms with Crippen molar-refractivity contribution in [2.75, 3.05) is 18.4 Å². The molecule has 0 aromatic heterocycles. The van der Waals surface area contributed by atoms with Gasteiger partial charge in [0.25, 0.3) is 0 Å². The Kier molecular flexibility index (Phi) is 3.69. The summed E-state index contributed by atoms with van der Waals surface area (Å²) in [4.78, 5) is 13.5. The number of nitrogens with zero attached hydrogens (tertiary/aromatic N) is 1. The molecule has 1 heterocycles. The number of amides is 2. The van der Waals surface area contributed by atoms with Crippen molar-refractivity contribution in [3.63, 3.8) is 0 Å². The molecular weight excluding hydrogens is 284 g/mol. The number of benzene rings is 1. The van der Waals surface area contributed by atoms with Crippen molar-refractivity contribution in [2.45, 2.75) is 19.4 Å². The second-order valence-corrected chi connectivity index (χ2v) is 5.19. The largest absolute Gasteiger partial charge is 0.391 e. The second kappa shape index (κ2) is 5.06. The SMILES string of the molecule is Cc1cc(Br)ccc1NC(=O)N1CC[C@H](O)C1. The standard InChI is InChI=1S/C12H15BrN2O2/c1-8-6-9(13)2-3-11(8)14-12(17)15-5-4-10(16)7-15/h2-3,6,10,16H,4-5,7H2,1H3,(H,14,17)/t10-/m0/s1. The topological polar surface area (TPSA) is 52.6 Å². The van der Waals surface area contributed by atoms with Crippen molar-refractivity contribution >= 4 is 27.6 Å². The van der Waals surface area contributed by atoms with Crippen LogP contribution in [0.25, 0.3) is 0 Å². The normalized spacial score (nSPS) is 19.5. The number of halogens is 1. The molecule has 92 valence electrons. The number of hydrogen-bond acceptors (Lipinski definition) is 2. The van der Waals surface area contributed by atoms with E-state index < -0.39 is 0 Å². The molecule has 1 aliphatic rings. The number of anilines is 1. The Hall–Kier alpha value is -1.07. The summed E-state index contributed by atoms with van der Waals surface area (Å²) in [5.41, 5.74) is 1.81. The number of carbonyl (C=O) groups is 1. The number of hydrogen-bond donors (Lipinski definition) is 2. The molecule has 0 radical (unpaired) electrons. The minimum absolute atomic E-state index is 0.146. The maximum atomic E-state index is 11.9. The van der Waals surface area contributed by atoms with Crippen LogP contribution in [0.15, 0.2) is 22.7 Å². The van der Waals surface area contributed by atoms with Gasteiger partial charge < -0.3 is 15.3 Å². The minimum Gasteiger partial charge on any atom is -0.391 e. The average molecular weight is 299 g/mol. The Morgan fingerprint density at radius 1 is 1.59 bits per heavy atom. The number of aliphatic hydroxyl groups is 1. The molecule has 0 unspecified atom stereocenters. The predicted molar refractivity (Wildman–Crippen MR) is 70.1 cm³/mol. The number of likely N-dealkylation sites (tertiary alicyclic amines) is 1. The summed E-state index contributed by atoms with van der Waals surface area (Å²) in [6, 6.07) is 5.56. The van der Waals surface area contributed by atoms with Gasteiger partial charge in [0.2, 0.25) is 0 Å². The lowest BCUT2D eigenvalue weighted by atomic mass is 10.2. The third-order valence-electron chi connectivity index (χ3n) is 2.88. The molecule has 1 fully saturated rings. The molecule has 17 heavy (non-hydrogen) atoms. The van der Waals surface area contributed by atoms with E-state index in [9.17, 15) is 9.90 Å². The lowest BCUT2D eigenvalue weighted by molar-refractivity contribution is 0.176. The van der Waals surface area contributed by atoms with E-state index in [1.807, 2.05) is 25.1 Å². The molecule has 0 saturated carbocycles. The molecule has 0 spiro atoms. The van der Waals surface area contributed by atoms with Crippen LogP contribution in [-0.2, 0) is 0 Å². The van der Waals surface area contributed by atoms with Crippen molar-refractivity contribution in [3.8, 4) is 0 Å². The van der Waals surface area contributed by atoms with Gasteiger partial charge in [-0.25, -0.2) is 4.79 Å². The number of urea groups is 1. The molecule has 1 atom stereocenters. The van der Waals surface area contributed by atoms with Crippen LogP contribution >= 0.6 is 15.9 Å². The molecule has 0 bridgehead atoms. The highest BCUT2D eigenvalue weighted by molar-refractivity contribution is 9.10. The van der Waals surface area contributed by atoms with Crippen LogP contribution in [0, 0.1) is 6.92 Å². The van der Waals surface area contributed by atoms with Gasteiger partial charge in [-0.3, -0.25) is 0 Å². The van der Waals surface area contributed by atoms with Crippen molar-refractivity contribution < 1.29 is 9.90 Å². The highest BCUT2D eigenvalue weighted by atomic mass is 79.9. The van der Waals surface area contributed by atoms with E-state index in [0.717, 1.165) is 15.7 Å². The zero-order chi connectivity index (χ0) is 12.4. The maximum Gasteiger partial charge on any atom is 0.321 e. The first kappa shape index (κ1) is 12.4. The van der Waals surface area contributed by atoms with Gasteiger partial charge in [0.05, 0.1) is 6.10 Å². The molecule has 0 aliphatic carbocycles. The van der Waals surface area contributed by atoms with E-state index in [2.05, 4.69) is 21.2 Å². The molecule has 5 heteroatoms. The molecule has 2 amide bonds. The van der Waals surface area contributed by atoms with E-state index in [0.29, 0.717) is 19.5 Å². The first-order chi connectivity index (χ1) is 8.06. The van der Waals surface area contributed by atoms with Crippen LogP contribution in [0.3, 0.4) is 0 Å². The number of nitrogens with one attached hydrogen (secondary N) is 1. The second-order valence-electron chi connectivity index (χ2n) is 4.28. The Morgan fingerprint density at radius 3 is 2.94 bits per heavy atom. The van der Waals surface area contributed by atoms with Gasteiger partial charge in [0.1, 0.15) is 0 Å². The Bertz CT molecular complexity index is 437. The summed E-state index contributed by atoms with van der Waals surface area (Å²) in [6.45, 7) is 2.98. The van der Waals surface area contributed by atoms with Crippen LogP contribution in [0.2, 0.25) is 0 Å². The van der Waals surface area contributed by atoms with Gasteiger partial charge in [0, 0.05) is 23.2 Å². The first-order valence-electron chi connectivity index (χ1n) is 5.56. The summed E-state index contributed by atoms with van der Waals surface area (Å²) < 4.78 is 0.990. The van der Waals surface area contributed by atoms with E-state index >= 15 is 0 Å². The quantitative estimate of drug-likeness (QED) is 0.836. The van der Waals surface area contributed by atoms with E-state index in [1.165, 1.54) is 0 Å². The zero-order valence-corrected chi connectivity index (χ0v) is 11.2. The molecular formula is C12H15BrN2O2. The lowest BCUT2D eigenvalue weighted by Gasteiger charge is -2.17. The first-order valence-corrected chi connectivity index (χ1v) is 6.35. The van der Waals surface area contributed by atoms with E-state index in [4.69, 9.17) is 0 Å². The maximum absolute atomic E-state index is 11.9. The molecule has 2 rings (SSSR count). The van der Waals surface area contributed by atoms with Gasteiger partial charge >= 0.3 is 6.03 Å². The van der Waals surface area contributed by atoms with Gasteiger partial charge in [-0.15, -0.1) is 0 Å². The summed E-state index contributed by atoms with van der Waals surface area (Å²) in [5, 5.41) is 12.2. The summed E-state index contributed by atoms with van der Waals surface area (Å²) in [7, 11) is 0. The van der Waals surface area contributed by atoms with Crippen LogP contribution in [0.1, 0.15) is 12.0 Å². The van der Waals surface area contributed by atoms with Gasteiger partial charge in [-0.05, 0) is 37.1 Å². The van der Waals surface area contributed by atoms with Gasteiger partial charge in [0.15, 0.2) is 0 Å². The van der Waals surface area contributed by atoms with Crippen molar-refractivity contribution in [1.29, 1.82) is 0 Å². The molecule has 4 nitrogen and oxygen atoms in total. The summed E-state index contributed by atoms with van der Waals surface area (Å²) >= 11 is 3.38. The highest BCUT2D eigenvalue weighted by Gasteiger charge is 2.24. The fourth-order valence-corrected chi connectivity index (χ4v) is 2.36. The van der Waals surface area contributed by atoms with E-state index in [1.54, 1.807) is 4.90 Å². The molecule has 1 aliphatic heterocycles. The summed E-state index contributed by atoms with van der Waals surface area (Å²) in [5.74, 6) is 0. The average Bonchev–Trinajstić information content (AvgIpc) is 2.69. The number of rotatable bonds is 1. The Balaban J connectivity index is 2.03. The Labute approximate surface area is 109 Å². The highest BCUT2D eigenvalue weighted by Crippen LogP contribution is 2.21. The van der Waals surface area contributed by atoms with Crippen molar-refractivity contribution in [3.05, 3.63) is 28.2 Å². The molecule has 2 N–H and O–H groups in total. The van der Waals surface area contributed by atoms with E-state index in [-0.39, 0.29) is 12.1 Å². The fraction of sp³-hybridized carbons (Fsp3) is 0.417. The monoisotopic (exact) mass is 298 g/mol. The molecule has 1 aromatic rings. The number of carbonyl (C=O) groups excluding carboxylic acids is 1. The van der Waals surface area contributed by atoms with Crippen LogP contribution in [0.5, 0.6) is 0 Å². The van der Waals surface area contributed by atoms with Crippen molar-refractivity contribution in [2.24, 2.45) is 0 Å². The van der Waals surface area contributed by atoms with Crippen molar-refractivity contribution in [1.82, 2.24) is 4.90 Å². The lowest BCUT2D eigenvalue weighted by Crippen LogP contribution is -2.33. The smallest absolute Gasteiger partial charge is 0.321 e. The van der Waals surface area contributed by atoms with Crippen LogP contribution < -0.4 is 5.32 Å². The minimum atomic E-state index is -0.383. The predicted octanol–water partition coefficient (Wildman–Crippen LogP) is 2.36. The number of β-amino-alcohol motifs (C(OH)–C–C–N with tert-alkyl or cyclic N) is 1. The third kappa shape index (κ3) is 2.98. The number of aliphatic hydroxyl groups excluding tert-OH is 1. The fourth-order valence-electron chi connectivity index (χ4n) is 1.89. The van der Waals surface area contributed by atoms with Gasteiger partial charge in [-0.2, -0.15) is 0 Å². The summed E-state index contributed by atoms with van der Waals surface area (Å²) in [6.07, 6.45) is 0.277.